The summed E-state index contributed by atoms with van der Waals surface area (Å²) in [4.78, 5) is 16.0. The van der Waals surface area contributed by atoms with Crippen LogP contribution in [0.5, 0.6) is 5.75 Å². The Hall–Kier alpha value is -1.66. The molecule has 23 heavy (non-hydrogen) atoms. The summed E-state index contributed by atoms with van der Waals surface area (Å²) in [5.74, 6) is -0.153. The second kappa shape index (κ2) is 7.75. The van der Waals surface area contributed by atoms with Crippen LogP contribution in [0.3, 0.4) is 0 Å². The van der Waals surface area contributed by atoms with Crippen LogP contribution in [0.1, 0.15) is 13.8 Å². The maximum absolute atomic E-state index is 13.4. The van der Waals surface area contributed by atoms with Crippen LogP contribution in [-0.4, -0.2) is 67.7 Å². The molecule has 1 aromatic carbocycles. The van der Waals surface area contributed by atoms with Crippen LogP contribution in [0.25, 0.3) is 0 Å². The van der Waals surface area contributed by atoms with E-state index in [2.05, 4.69) is 4.90 Å². The first kappa shape index (κ1) is 17.7. The minimum absolute atomic E-state index is 0.0276. The van der Waals surface area contributed by atoms with E-state index in [4.69, 9.17) is 9.47 Å². The highest BCUT2D eigenvalue weighted by atomic mass is 19.1. The zero-order valence-electron chi connectivity index (χ0n) is 14.0. The first-order chi connectivity index (χ1) is 10.9. The SMILES string of the molecule is CN(CCOc1ccccc1F)C(=O)CN1CCOC(C)(C)C1. The van der Waals surface area contributed by atoms with Crippen molar-refractivity contribution in [3.63, 3.8) is 0 Å². The van der Waals surface area contributed by atoms with Gasteiger partial charge in [0.25, 0.3) is 0 Å². The molecule has 1 amide bonds. The van der Waals surface area contributed by atoms with E-state index in [1.807, 2.05) is 13.8 Å². The number of para-hydroxylation sites is 1. The third-order valence-electron chi connectivity index (χ3n) is 3.81. The minimum Gasteiger partial charge on any atom is -0.489 e. The van der Waals surface area contributed by atoms with E-state index in [-0.39, 0.29) is 23.9 Å². The largest absolute Gasteiger partial charge is 0.489 e. The molecule has 0 saturated carbocycles. The molecule has 6 heteroatoms. The topological polar surface area (TPSA) is 42.0 Å². The molecule has 1 fully saturated rings. The molecule has 1 aliphatic heterocycles. The van der Waals surface area contributed by atoms with Gasteiger partial charge in [0.1, 0.15) is 6.61 Å². The molecule has 0 radical (unpaired) electrons. The van der Waals surface area contributed by atoms with Gasteiger partial charge in [-0.3, -0.25) is 9.69 Å². The number of carbonyl (C=O) groups excluding carboxylic acids is 1. The Bertz CT molecular complexity index is 536. The van der Waals surface area contributed by atoms with Crippen molar-refractivity contribution in [2.45, 2.75) is 19.4 Å². The summed E-state index contributed by atoms with van der Waals surface area (Å²) < 4.78 is 24.4. The lowest BCUT2D eigenvalue weighted by molar-refractivity contribution is -0.136. The van der Waals surface area contributed by atoms with Gasteiger partial charge in [0, 0.05) is 20.1 Å². The molecule has 1 aliphatic rings. The average Bonchev–Trinajstić information content (AvgIpc) is 2.48. The number of amides is 1. The van der Waals surface area contributed by atoms with E-state index in [0.29, 0.717) is 19.7 Å². The third kappa shape index (κ3) is 5.48. The quantitative estimate of drug-likeness (QED) is 0.800. The number of carbonyl (C=O) groups is 1. The van der Waals surface area contributed by atoms with Gasteiger partial charge in [0.2, 0.25) is 5.91 Å². The predicted molar refractivity (Wildman–Crippen MR) is 86.0 cm³/mol. The number of hydrogen-bond donors (Lipinski definition) is 0. The fourth-order valence-electron chi connectivity index (χ4n) is 2.54. The lowest BCUT2D eigenvalue weighted by Crippen LogP contribution is -2.51. The highest BCUT2D eigenvalue weighted by Crippen LogP contribution is 2.16. The molecule has 5 nitrogen and oxygen atoms in total. The fraction of sp³-hybridized carbons (Fsp3) is 0.588. The van der Waals surface area contributed by atoms with Gasteiger partial charge in [-0.1, -0.05) is 12.1 Å². The normalized spacial score (nSPS) is 17.7. The molecule has 2 rings (SSSR count). The number of likely N-dealkylation sites (N-methyl/N-ethyl adjacent to an activating group) is 1. The van der Waals surface area contributed by atoms with Gasteiger partial charge in [-0.25, -0.2) is 4.39 Å². The number of nitrogens with zero attached hydrogens (tertiary/aromatic N) is 2. The van der Waals surface area contributed by atoms with Crippen LogP contribution in [0.2, 0.25) is 0 Å². The van der Waals surface area contributed by atoms with Crippen LogP contribution >= 0.6 is 0 Å². The third-order valence-corrected chi connectivity index (χ3v) is 3.81. The average molecular weight is 324 g/mol. The Morgan fingerprint density at radius 1 is 1.43 bits per heavy atom. The van der Waals surface area contributed by atoms with E-state index in [9.17, 15) is 9.18 Å². The molecule has 0 bridgehead atoms. The molecule has 1 heterocycles. The van der Waals surface area contributed by atoms with Gasteiger partial charge in [-0.05, 0) is 26.0 Å². The van der Waals surface area contributed by atoms with Crippen LogP contribution < -0.4 is 4.74 Å². The lowest BCUT2D eigenvalue weighted by Gasteiger charge is -2.38. The molecule has 128 valence electrons. The number of rotatable bonds is 6. The molecular formula is C17H25FN2O3. The smallest absolute Gasteiger partial charge is 0.236 e. The Morgan fingerprint density at radius 3 is 2.87 bits per heavy atom. The maximum atomic E-state index is 13.4. The van der Waals surface area contributed by atoms with Crippen LogP contribution in [0.15, 0.2) is 24.3 Å². The van der Waals surface area contributed by atoms with Crippen molar-refractivity contribution in [1.82, 2.24) is 9.80 Å². The van der Waals surface area contributed by atoms with Gasteiger partial charge >= 0.3 is 0 Å². The molecule has 1 saturated heterocycles. The summed E-state index contributed by atoms with van der Waals surface area (Å²) in [6.45, 7) is 7.22. The van der Waals surface area contributed by atoms with Gasteiger partial charge in [0.15, 0.2) is 11.6 Å². The first-order valence-corrected chi connectivity index (χ1v) is 7.85. The monoisotopic (exact) mass is 324 g/mol. The maximum Gasteiger partial charge on any atom is 0.236 e. The Morgan fingerprint density at radius 2 is 2.17 bits per heavy atom. The molecule has 0 atom stereocenters. The van der Waals surface area contributed by atoms with Crippen molar-refractivity contribution in [2.75, 3.05) is 46.4 Å². The number of benzene rings is 1. The van der Waals surface area contributed by atoms with Crippen molar-refractivity contribution >= 4 is 5.91 Å². The molecule has 1 aromatic rings. The number of halogens is 1. The summed E-state index contributed by atoms with van der Waals surface area (Å²) in [5.41, 5.74) is -0.217. The highest BCUT2D eigenvalue weighted by Gasteiger charge is 2.28. The van der Waals surface area contributed by atoms with E-state index in [1.165, 1.54) is 6.07 Å². The van der Waals surface area contributed by atoms with Gasteiger partial charge in [-0.15, -0.1) is 0 Å². The predicted octanol–water partition coefficient (Wildman–Crippen LogP) is 1.77. The van der Waals surface area contributed by atoms with Crippen molar-refractivity contribution in [2.24, 2.45) is 0 Å². The van der Waals surface area contributed by atoms with E-state index in [0.717, 1.165) is 13.1 Å². The molecule has 0 spiro atoms. The number of ether oxygens (including phenoxy) is 2. The zero-order chi connectivity index (χ0) is 16.9. The minimum atomic E-state index is -0.392. The molecule has 0 aromatic heterocycles. The van der Waals surface area contributed by atoms with Crippen LogP contribution in [0.4, 0.5) is 4.39 Å². The summed E-state index contributed by atoms with van der Waals surface area (Å²) >= 11 is 0. The van der Waals surface area contributed by atoms with E-state index < -0.39 is 5.82 Å². The number of hydrogen-bond acceptors (Lipinski definition) is 4. The molecule has 0 aliphatic carbocycles. The first-order valence-electron chi connectivity index (χ1n) is 7.85. The highest BCUT2D eigenvalue weighted by molar-refractivity contribution is 5.78. The van der Waals surface area contributed by atoms with Crippen molar-refractivity contribution < 1.29 is 18.7 Å². The van der Waals surface area contributed by atoms with E-state index >= 15 is 0 Å². The Balaban J connectivity index is 1.74. The molecular weight excluding hydrogens is 299 g/mol. The summed E-state index contributed by atoms with van der Waals surface area (Å²) in [7, 11) is 1.73. The summed E-state index contributed by atoms with van der Waals surface area (Å²) in [5, 5.41) is 0. The van der Waals surface area contributed by atoms with Crippen LogP contribution in [-0.2, 0) is 9.53 Å². The van der Waals surface area contributed by atoms with Crippen molar-refractivity contribution in [3.8, 4) is 5.75 Å². The fourth-order valence-corrected chi connectivity index (χ4v) is 2.54. The van der Waals surface area contributed by atoms with Crippen LogP contribution in [0, 0.1) is 5.82 Å². The molecule has 0 unspecified atom stereocenters. The second-order valence-electron chi connectivity index (χ2n) is 6.41. The van der Waals surface area contributed by atoms with Gasteiger partial charge in [0.05, 0.1) is 25.3 Å². The zero-order valence-corrected chi connectivity index (χ0v) is 14.0. The number of morpholine rings is 1. The van der Waals surface area contributed by atoms with E-state index in [1.54, 1.807) is 30.1 Å². The van der Waals surface area contributed by atoms with Gasteiger partial charge < -0.3 is 14.4 Å². The Labute approximate surface area is 137 Å². The van der Waals surface area contributed by atoms with Crippen molar-refractivity contribution in [3.05, 3.63) is 30.1 Å². The molecule has 0 N–H and O–H groups in total. The van der Waals surface area contributed by atoms with Gasteiger partial charge in [-0.2, -0.15) is 0 Å². The second-order valence-corrected chi connectivity index (χ2v) is 6.41. The summed E-state index contributed by atoms with van der Waals surface area (Å²) in [6, 6.07) is 6.26. The lowest BCUT2D eigenvalue weighted by atomic mass is 10.1. The Kier molecular flexibility index (Phi) is 5.96. The summed E-state index contributed by atoms with van der Waals surface area (Å²) in [6.07, 6.45) is 0. The van der Waals surface area contributed by atoms with Crippen molar-refractivity contribution in [1.29, 1.82) is 0 Å². The standard InChI is InChI=1S/C17H25FN2O3/c1-17(2)13-20(9-11-23-17)12-16(21)19(3)8-10-22-15-7-5-4-6-14(15)18/h4-7H,8-13H2,1-3H3.